The minimum absolute atomic E-state index is 0.173. The summed E-state index contributed by atoms with van der Waals surface area (Å²) in [5.41, 5.74) is 9.37. The molecule has 4 unspecified atom stereocenters. The van der Waals surface area contributed by atoms with Gasteiger partial charge in [-0.05, 0) is 30.4 Å². The SMILES string of the molecule is NC1c2ccccc2CC1N1CCOC2CCCCC21. The standard InChI is InChI=1S/C17H24N2O/c18-17-13-6-2-1-5-12(13)11-15(17)19-9-10-20-16-8-4-3-7-14(16)19/h1-2,5-6,14-17H,3-4,7-11,18H2. The number of fused-ring (bicyclic) bond motifs is 2. The first-order valence-corrected chi connectivity index (χ1v) is 8.05. The molecule has 3 nitrogen and oxygen atoms in total. The van der Waals surface area contributed by atoms with Crippen LogP contribution in [0, 0.1) is 0 Å². The van der Waals surface area contributed by atoms with Gasteiger partial charge in [-0.15, -0.1) is 0 Å². The van der Waals surface area contributed by atoms with Gasteiger partial charge in [-0.25, -0.2) is 0 Å². The molecule has 2 N–H and O–H groups in total. The zero-order valence-corrected chi connectivity index (χ0v) is 12.0. The average molecular weight is 272 g/mol. The van der Waals surface area contributed by atoms with E-state index in [1.54, 1.807) is 0 Å². The third-order valence-corrected chi connectivity index (χ3v) is 5.46. The molecule has 1 aliphatic heterocycles. The first-order valence-electron chi connectivity index (χ1n) is 8.05. The molecule has 20 heavy (non-hydrogen) atoms. The number of nitrogens with zero attached hydrogens (tertiary/aromatic N) is 1. The van der Waals surface area contributed by atoms with Crippen LogP contribution in [0.15, 0.2) is 24.3 Å². The number of ether oxygens (including phenoxy) is 1. The highest BCUT2D eigenvalue weighted by Crippen LogP contribution is 2.37. The molecule has 1 saturated heterocycles. The Morgan fingerprint density at radius 1 is 1.10 bits per heavy atom. The third-order valence-electron chi connectivity index (χ3n) is 5.46. The summed E-state index contributed by atoms with van der Waals surface area (Å²) in [5, 5.41) is 0. The lowest BCUT2D eigenvalue weighted by Gasteiger charge is -2.47. The average Bonchev–Trinajstić information content (AvgIpc) is 2.84. The van der Waals surface area contributed by atoms with E-state index in [1.807, 2.05) is 0 Å². The van der Waals surface area contributed by atoms with E-state index in [-0.39, 0.29) is 6.04 Å². The lowest BCUT2D eigenvalue weighted by molar-refractivity contribution is -0.104. The van der Waals surface area contributed by atoms with E-state index in [4.69, 9.17) is 10.5 Å². The predicted octanol–water partition coefficient (Wildman–Crippen LogP) is 2.25. The Morgan fingerprint density at radius 2 is 1.95 bits per heavy atom. The second kappa shape index (κ2) is 5.14. The van der Waals surface area contributed by atoms with Crippen molar-refractivity contribution >= 4 is 0 Å². The molecule has 4 atom stereocenters. The Kier molecular flexibility index (Phi) is 3.29. The third kappa shape index (κ3) is 2.00. The van der Waals surface area contributed by atoms with Gasteiger partial charge in [-0.2, -0.15) is 0 Å². The van der Waals surface area contributed by atoms with Gasteiger partial charge >= 0.3 is 0 Å². The van der Waals surface area contributed by atoms with Crippen molar-refractivity contribution in [2.45, 2.75) is 56.3 Å². The highest BCUT2D eigenvalue weighted by Gasteiger charge is 2.42. The number of nitrogens with two attached hydrogens (primary N) is 1. The van der Waals surface area contributed by atoms with Crippen LogP contribution >= 0.6 is 0 Å². The second-order valence-corrected chi connectivity index (χ2v) is 6.49. The van der Waals surface area contributed by atoms with Gasteiger partial charge in [0.2, 0.25) is 0 Å². The summed E-state index contributed by atoms with van der Waals surface area (Å²) >= 11 is 0. The number of rotatable bonds is 1. The summed E-state index contributed by atoms with van der Waals surface area (Å²) in [4.78, 5) is 2.68. The molecule has 0 bridgehead atoms. The molecule has 3 heteroatoms. The molecule has 1 heterocycles. The molecule has 2 fully saturated rings. The van der Waals surface area contributed by atoms with Crippen molar-refractivity contribution in [3.8, 4) is 0 Å². The van der Waals surface area contributed by atoms with Gasteiger partial charge < -0.3 is 10.5 Å². The first-order chi connectivity index (χ1) is 9.84. The maximum absolute atomic E-state index is 6.56. The summed E-state index contributed by atoms with van der Waals surface area (Å²) in [5.74, 6) is 0. The monoisotopic (exact) mass is 272 g/mol. The van der Waals surface area contributed by atoms with E-state index in [9.17, 15) is 0 Å². The highest BCUT2D eigenvalue weighted by atomic mass is 16.5. The van der Waals surface area contributed by atoms with Crippen molar-refractivity contribution in [1.82, 2.24) is 4.90 Å². The summed E-state index contributed by atoms with van der Waals surface area (Å²) in [6, 6.07) is 9.95. The second-order valence-electron chi connectivity index (χ2n) is 6.49. The van der Waals surface area contributed by atoms with Crippen LogP contribution in [0.25, 0.3) is 0 Å². The number of hydrogen-bond acceptors (Lipinski definition) is 3. The number of hydrogen-bond donors (Lipinski definition) is 1. The van der Waals surface area contributed by atoms with Gasteiger partial charge in [0.05, 0.1) is 12.7 Å². The highest BCUT2D eigenvalue weighted by molar-refractivity contribution is 5.37. The van der Waals surface area contributed by atoms with Crippen LogP contribution in [0.1, 0.15) is 42.9 Å². The van der Waals surface area contributed by atoms with E-state index in [2.05, 4.69) is 29.2 Å². The van der Waals surface area contributed by atoms with Gasteiger partial charge in [0.25, 0.3) is 0 Å². The van der Waals surface area contributed by atoms with E-state index in [0.29, 0.717) is 18.2 Å². The van der Waals surface area contributed by atoms with E-state index in [0.717, 1.165) is 19.6 Å². The predicted molar refractivity (Wildman–Crippen MR) is 79.6 cm³/mol. The zero-order valence-electron chi connectivity index (χ0n) is 12.0. The molecule has 1 aromatic rings. The van der Waals surface area contributed by atoms with E-state index in [1.165, 1.54) is 36.8 Å². The molecule has 1 aromatic carbocycles. The van der Waals surface area contributed by atoms with E-state index >= 15 is 0 Å². The van der Waals surface area contributed by atoms with Crippen molar-refractivity contribution < 1.29 is 4.74 Å². The Hall–Kier alpha value is -0.900. The summed E-state index contributed by atoms with van der Waals surface area (Å²) in [6.45, 7) is 1.92. The fraction of sp³-hybridized carbons (Fsp3) is 0.647. The Bertz CT molecular complexity index is 488. The molecule has 4 rings (SSSR count). The number of benzene rings is 1. The van der Waals surface area contributed by atoms with Gasteiger partial charge in [-0.3, -0.25) is 4.90 Å². The fourth-order valence-electron chi connectivity index (χ4n) is 4.47. The summed E-state index contributed by atoms with van der Waals surface area (Å²) in [7, 11) is 0. The van der Waals surface area contributed by atoms with Gasteiger partial charge in [0.1, 0.15) is 0 Å². The fourth-order valence-corrected chi connectivity index (χ4v) is 4.47. The Labute approximate surface area is 121 Å². The zero-order chi connectivity index (χ0) is 13.5. The summed E-state index contributed by atoms with van der Waals surface area (Å²) < 4.78 is 6.00. The smallest absolute Gasteiger partial charge is 0.0731 e. The quantitative estimate of drug-likeness (QED) is 0.852. The lowest BCUT2D eigenvalue weighted by atomic mass is 9.88. The Morgan fingerprint density at radius 3 is 2.85 bits per heavy atom. The van der Waals surface area contributed by atoms with Gasteiger partial charge in [0.15, 0.2) is 0 Å². The molecule has 0 aromatic heterocycles. The van der Waals surface area contributed by atoms with Crippen LogP contribution in [0.5, 0.6) is 0 Å². The van der Waals surface area contributed by atoms with Crippen LogP contribution in [-0.4, -0.2) is 36.2 Å². The van der Waals surface area contributed by atoms with Crippen molar-refractivity contribution in [2.75, 3.05) is 13.2 Å². The van der Waals surface area contributed by atoms with Crippen LogP contribution in [-0.2, 0) is 11.2 Å². The minimum Gasteiger partial charge on any atom is -0.375 e. The molecule has 0 amide bonds. The topological polar surface area (TPSA) is 38.5 Å². The van der Waals surface area contributed by atoms with Crippen molar-refractivity contribution in [3.63, 3.8) is 0 Å². The van der Waals surface area contributed by atoms with Crippen LogP contribution < -0.4 is 5.73 Å². The normalized spacial score (nSPS) is 37.5. The molecular weight excluding hydrogens is 248 g/mol. The molecule has 108 valence electrons. The Balaban J connectivity index is 1.59. The maximum atomic E-state index is 6.56. The van der Waals surface area contributed by atoms with Crippen molar-refractivity contribution in [2.24, 2.45) is 5.73 Å². The molecule has 0 radical (unpaired) electrons. The number of morpholine rings is 1. The maximum Gasteiger partial charge on any atom is 0.0731 e. The van der Waals surface area contributed by atoms with Crippen molar-refractivity contribution in [1.29, 1.82) is 0 Å². The molecular formula is C17H24N2O. The van der Waals surface area contributed by atoms with Crippen LogP contribution in [0.2, 0.25) is 0 Å². The summed E-state index contributed by atoms with van der Waals surface area (Å²) in [6.07, 6.45) is 6.75. The van der Waals surface area contributed by atoms with Gasteiger partial charge in [-0.1, -0.05) is 37.1 Å². The minimum atomic E-state index is 0.173. The van der Waals surface area contributed by atoms with E-state index < -0.39 is 0 Å². The molecule has 2 aliphatic carbocycles. The largest absolute Gasteiger partial charge is 0.375 e. The lowest BCUT2D eigenvalue weighted by Crippen LogP contribution is -2.58. The molecule has 1 saturated carbocycles. The van der Waals surface area contributed by atoms with Gasteiger partial charge in [0, 0.05) is 24.7 Å². The molecule has 3 aliphatic rings. The van der Waals surface area contributed by atoms with Crippen LogP contribution in [0.4, 0.5) is 0 Å². The first kappa shape index (κ1) is 12.8. The van der Waals surface area contributed by atoms with Crippen molar-refractivity contribution in [3.05, 3.63) is 35.4 Å². The van der Waals surface area contributed by atoms with Crippen LogP contribution in [0.3, 0.4) is 0 Å². The molecule has 0 spiro atoms.